The first-order valence-corrected chi connectivity index (χ1v) is 4.86. The Morgan fingerprint density at radius 1 is 1.38 bits per heavy atom. The van der Waals surface area contributed by atoms with Gasteiger partial charge in [0.25, 0.3) is 0 Å². The van der Waals surface area contributed by atoms with E-state index >= 15 is 0 Å². The molecule has 0 bridgehead atoms. The van der Waals surface area contributed by atoms with E-state index in [1.807, 2.05) is 5.32 Å². The van der Waals surface area contributed by atoms with Gasteiger partial charge in [-0.05, 0) is 28.1 Å². The summed E-state index contributed by atoms with van der Waals surface area (Å²) in [6, 6.07) is 1.96. The lowest BCUT2D eigenvalue weighted by atomic mass is 10.3. The molecule has 0 aliphatic carbocycles. The van der Waals surface area contributed by atoms with Crippen LogP contribution in [0.2, 0.25) is 0 Å². The van der Waals surface area contributed by atoms with Crippen molar-refractivity contribution < 1.29 is 23.5 Å². The van der Waals surface area contributed by atoms with Crippen LogP contribution in [-0.2, 0) is 9.59 Å². The number of hydrogen-bond acceptors (Lipinski definition) is 2. The number of hydrogen-bond donors (Lipinski definition) is 2. The molecular weight excluding hydrogens is 288 g/mol. The Morgan fingerprint density at radius 3 is 2.56 bits per heavy atom. The standard InChI is InChI=1S/C9H6BrF2NO3/c10-8-4(11)1-2-5(9(8)12)13-6(14)3-7(15)16/h1-2H,3H2,(H,13,14)(H,15,16). The number of nitrogens with one attached hydrogen (secondary N) is 1. The summed E-state index contributed by atoms with van der Waals surface area (Å²) in [7, 11) is 0. The van der Waals surface area contributed by atoms with Crippen LogP contribution in [0.15, 0.2) is 16.6 Å². The van der Waals surface area contributed by atoms with Crippen LogP contribution < -0.4 is 5.32 Å². The van der Waals surface area contributed by atoms with Gasteiger partial charge in [-0.2, -0.15) is 0 Å². The van der Waals surface area contributed by atoms with E-state index in [0.717, 1.165) is 12.1 Å². The number of carbonyl (C=O) groups excluding carboxylic acids is 1. The zero-order valence-electron chi connectivity index (χ0n) is 7.76. The van der Waals surface area contributed by atoms with Gasteiger partial charge in [-0.25, -0.2) is 8.78 Å². The predicted octanol–water partition coefficient (Wildman–Crippen LogP) is 2.14. The molecule has 0 spiro atoms. The minimum atomic E-state index is -1.33. The van der Waals surface area contributed by atoms with Gasteiger partial charge in [-0.15, -0.1) is 0 Å². The van der Waals surface area contributed by atoms with Gasteiger partial charge in [0.1, 0.15) is 12.2 Å². The Hall–Kier alpha value is -1.50. The minimum absolute atomic E-state index is 0.278. The Balaban J connectivity index is 2.86. The highest BCUT2D eigenvalue weighted by molar-refractivity contribution is 9.10. The molecule has 1 rings (SSSR count). The van der Waals surface area contributed by atoms with E-state index in [1.54, 1.807) is 0 Å². The monoisotopic (exact) mass is 293 g/mol. The van der Waals surface area contributed by atoms with E-state index in [4.69, 9.17) is 5.11 Å². The highest BCUT2D eigenvalue weighted by Gasteiger charge is 2.14. The van der Waals surface area contributed by atoms with Crippen LogP contribution in [0.5, 0.6) is 0 Å². The lowest BCUT2D eigenvalue weighted by Gasteiger charge is -2.06. The molecular formula is C9H6BrF2NO3. The van der Waals surface area contributed by atoms with Crippen molar-refractivity contribution in [1.29, 1.82) is 0 Å². The number of aliphatic carboxylic acids is 1. The van der Waals surface area contributed by atoms with Crippen molar-refractivity contribution in [2.45, 2.75) is 6.42 Å². The molecule has 0 saturated carbocycles. The van der Waals surface area contributed by atoms with E-state index in [-0.39, 0.29) is 5.69 Å². The van der Waals surface area contributed by atoms with Crippen LogP contribution in [0.3, 0.4) is 0 Å². The summed E-state index contributed by atoms with van der Waals surface area (Å²) in [5.74, 6) is -4.02. The van der Waals surface area contributed by atoms with Crippen LogP contribution in [0.1, 0.15) is 6.42 Å². The van der Waals surface area contributed by atoms with Crippen molar-refractivity contribution in [3.63, 3.8) is 0 Å². The van der Waals surface area contributed by atoms with Gasteiger partial charge in [0.05, 0.1) is 10.2 Å². The van der Waals surface area contributed by atoms with Crippen LogP contribution in [0.25, 0.3) is 0 Å². The van der Waals surface area contributed by atoms with Crippen molar-refractivity contribution in [1.82, 2.24) is 0 Å². The molecule has 0 aliphatic heterocycles. The summed E-state index contributed by atoms with van der Waals surface area (Å²) < 4.78 is 25.7. The fourth-order valence-corrected chi connectivity index (χ4v) is 1.30. The Kier molecular flexibility index (Phi) is 3.94. The van der Waals surface area contributed by atoms with Gasteiger partial charge in [0.15, 0.2) is 5.82 Å². The van der Waals surface area contributed by atoms with Gasteiger partial charge in [0.2, 0.25) is 5.91 Å². The highest BCUT2D eigenvalue weighted by atomic mass is 79.9. The fourth-order valence-electron chi connectivity index (χ4n) is 0.954. The molecule has 0 saturated heterocycles. The quantitative estimate of drug-likeness (QED) is 0.663. The number of carboxylic acid groups (broad SMARTS) is 1. The molecule has 0 atom stereocenters. The van der Waals surface area contributed by atoms with Gasteiger partial charge >= 0.3 is 5.97 Å². The fraction of sp³-hybridized carbons (Fsp3) is 0.111. The first-order chi connectivity index (χ1) is 7.41. The minimum Gasteiger partial charge on any atom is -0.481 e. The van der Waals surface area contributed by atoms with Crippen LogP contribution in [0.4, 0.5) is 14.5 Å². The Labute approximate surface area is 97.4 Å². The third kappa shape index (κ3) is 2.99. The number of anilines is 1. The van der Waals surface area contributed by atoms with Gasteiger partial charge < -0.3 is 10.4 Å². The zero-order valence-corrected chi connectivity index (χ0v) is 9.35. The van der Waals surface area contributed by atoms with Gasteiger partial charge in [-0.3, -0.25) is 9.59 Å². The molecule has 0 aliphatic rings. The summed E-state index contributed by atoms with van der Waals surface area (Å²) in [5.41, 5.74) is -0.278. The van der Waals surface area contributed by atoms with Gasteiger partial charge in [0, 0.05) is 0 Å². The van der Waals surface area contributed by atoms with Crippen molar-refractivity contribution >= 4 is 33.5 Å². The SMILES string of the molecule is O=C(O)CC(=O)Nc1ccc(F)c(Br)c1F. The van der Waals surface area contributed by atoms with E-state index in [0.29, 0.717) is 0 Å². The van der Waals surface area contributed by atoms with E-state index in [9.17, 15) is 18.4 Å². The number of carboxylic acids is 1. The van der Waals surface area contributed by atoms with Crippen molar-refractivity contribution in [2.24, 2.45) is 0 Å². The molecule has 1 amide bonds. The summed E-state index contributed by atoms with van der Waals surface area (Å²) in [4.78, 5) is 21.2. The lowest BCUT2D eigenvalue weighted by molar-refractivity contribution is -0.139. The summed E-state index contributed by atoms with van der Waals surface area (Å²) in [5, 5.41) is 10.3. The van der Waals surface area contributed by atoms with Crippen molar-refractivity contribution in [3.8, 4) is 0 Å². The first-order valence-electron chi connectivity index (χ1n) is 4.07. The molecule has 0 unspecified atom stereocenters. The topological polar surface area (TPSA) is 66.4 Å². The normalized spacial score (nSPS) is 9.94. The zero-order chi connectivity index (χ0) is 12.3. The molecule has 1 aromatic rings. The lowest BCUT2D eigenvalue weighted by Crippen LogP contribution is -2.16. The Morgan fingerprint density at radius 2 is 2.00 bits per heavy atom. The summed E-state index contributed by atoms with van der Waals surface area (Å²) in [6.07, 6.45) is -0.783. The van der Waals surface area contributed by atoms with E-state index in [2.05, 4.69) is 15.9 Å². The third-order valence-corrected chi connectivity index (χ3v) is 2.35. The molecule has 4 nitrogen and oxygen atoms in total. The first kappa shape index (κ1) is 12.6. The second-order valence-corrected chi connectivity index (χ2v) is 3.63. The largest absolute Gasteiger partial charge is 0.481 e. The smallest absolute Gasteiger partial charge is 0.312 e. The number of rotatable bonds is 3. The van der Waals surface area contributed by atoms with E-state index in [1.165, 1.54) is 0 Å². The molecule has 0 heterocycles. The maximum Gasteiger partial charge on any atom is 0.312 e. The summed E-state index contributed by atoms with van der Waals surface area (Å²) >= 11 is 2.65. The molecule has 86 valence electrons. The van der Waals surface area contributed by atoms with Crippen LogP contribution in [0, 0.1) is 11.6 Å². The third-order valence-electron chi connectivity index (χ3n) is 1.62. The second-order valence-electron chi connectivity index (χ2n) is 2.84. The predicted molar refractivity (Wildman–Crippen MR) is 54.9 cm³/mol. The molecule has 0 fully saturated rings. The maximum absolute atomic E-state index is 13.3. The molecule has 0 aromatic heterocycles. The second kappa shape index (κ2) is 5.02. The Bertz CT molecular complexity index is 451. The van der Waals surface area contributed by atoms with Gasteiger partial charge in [-0.1, -0.05) is 0 Å². The highest BCUT2D eigenvalue weighted by Crippen LogP contribution is 2.25. The molecule has 7 heteroatoms. The average Bonchev–Trinajstić information content (AvgIpc) is 2.18. The van der Waals surface area contributed by atoms with Crippen molar-refractivity contribution in [3.05, 3.63) is 28.2 Å². The molecule has 1 aromatic carbocycles. The molecule has 16 heavy (non-hydrogen) atoms. The average molecular weight is 294 g/mol. The number of amides is 1. The maximum atomic E-state index is 13.3. The summed E-state index contributed by atoms with van der Waals surface area (Å²) in [6.45, 7) is 0. The van der Waals surface area contributed by atoms with E-state index < -0.39 is 34.4 Å². The molecule has 0 radical (unpaired) electrons. The van der Waals surface area contributed by atoms with Crippen molar-refractivity contribution in [2.75, 3.05) is 5.32 Å². The number of carbonyl (C=O) groups is 2. The molecule has 2 N–H and O–H groups in total. The number of benzene rings is 1. The van der Waals surface area contributed by atoms with Crippen LogP contribution >= 0.6 is 15.9 Å². The number of halogens is 3. The van der Waals surface area contributed by atoms with Crippen LogP contribution in [-0.4, -0.2) is 17.0 Å².